The van der Waals surface area contributed by atoms with Crippen LogP contribution in [0.1, 0.15) is 41.5 Å². The van der Waals surface area contributed by atoms with Gasteiger partial charge in [0.05, 0.1) is 11.6 Å². The lowest BCUT2D eigenvalue weighted by Crippen LogP contribution is -2.71. The van der Waals surface area contributed by atoms with Crippen molar-refractivity contribution in [1.29, 1.82) is 0 Å². The Labute approximate surface area is 118 Å². The summed E-state index contributed by atoms with van der Waals surface area (Å²) in [5.41, 5.74) is -0.452. The number of rotatable bonds is 4. The molecule has 0 aromatic carbocycles. The van der Waals surface area contributed by atoms with Crippen molar-refractivity contribution in [2.24, 2.45) is 11.3 Å². The molecule has 0 aromatic rings. The van der Waals surface area contributed by atoms with Crippen LogP contribution in [0.3, 0.4) is 0 Å². The molecular weight excluding hydrogens is 262 g/mol. The highest BCUT2D eigenvalue weighted by Crippen LogP contribution is 2.42. The van der Waals surface area contributed by atoms with E-state index in [1.165, 1.54) is 6.92 Å². The first-order chi connectivity index (χ1) is 8.50. The zero-order valence-electron chi connectivity index (χ0n) is 12.9. The molecule has 0 spiro atoms. The first kappa shape index (κ1) is 16.2. The van der Waals surface area contributed by atoms with Crippen LogP contribution in [-0.2, 0) is 18.8 Å². The van der Waals surface area contributed by atoms with E-state index in [2.05, 4.69) is 26.1 Å². The number of carbonyl (C=O) groups excluding carboxylic acids is 2. The Morgan fingerprint density at radius 2 is 1.84 bits per heavy atom. The van der Waals surface area contributed by atoms with Crippen molar-refractivity contribution in [3.63, 3.8) is 0 Å². The standard InChI is InChI=1S/C13H25NO4Si/c1-7(15)17-9-8(14-11(9)16)10(12(2,3)4)13(5,6)18-19/h8-10H,1-6,19H3,(H,14,16)/t8-,9+,10-/m0/s1. The van der Waals surface area contributed by atoms with Gasteiger partial charge in [0.25, 0.3) is 5.91 Å². The quantitative estimate of drug-likeness (QED) is 0.454. The molecule has 0 unspecified atom stereocenters. The highest BCUT2D eigenvalue weighted by molar-refractivity contribution is 5.98. The van der Waals surface area contributed by atoms with Gasteiger partial charge in [-0.2, -0.15) is 0 Å². The zero-order valence-corrected chi connectivity index (χ0v) is 14.9. The van der Waals surface area contributed by atoms with Crippen LogP contribution in [0, 0.1) is 11.3 Å². The second kappa shape index (κ2) is 5.24. The van der Waals surface area contributed by atoms with Gasteiger partial charge >= 0.3 is 5.97 Å². The van der Waals surface area contributed by atoms with E-state index < -0.39 is 12.1 Å². The number of carbonyl (C=O) groups is 2. The predicted octanol–water partition coefficient (Wildman–Crippen LogP) is 0.154. The summed E-state index contributed by atoms with van der Waals surface area (Å²) >= 11 is 0. The lowest BCUT2D eigenvalue weighted by Gasteiger charge is -2.51. The molecule has 1 heterocycles. The van der Waals surface area contributed by atoms with Crippen LogP contribution < -0.4 is 5.32 Å². The van der Waals surface area contributed by atoms with Crippen molar-refractivity contribution in [2.45, 2.75) is 59.3 Å². The highest BCUT2D eigenvalue weighted by Gasteiger charge is 2.54. The lowest BCUT2D eigenvalue weighted by molar-refractivity contribution is -0.173. The molecular formula is C13H25NO4Si. The minimum atomic E-state index is -0.696. The van der Waals surface area contributed by atoms with E-state index in [1.807, 2.05) is 13.8 Å². The first-order valence-electron chi connectivity index (χ1n) is 6.53. The molecule has 1 amide bonds. The van der Waals surface area contributed by atoms with Gasteiger partial charge in [0.15, 0.2) is 6.10 Å². The maximum atomic E-state index is 11.6. The third kappa shape index (κ3) is 3.36. The van der Waals surface area contributed by atoms with Crippen LogP contribution in [0.4, 0.5) is 0 Å². The van der Waals surface area contributed by atoms with Crippen LogP contribution in [0.5, 0.6) is 0 Å². The van der Waals surface area contributed by atoms with Gasteiger partial charge in [-0.15, -0.1) is 0 Å². The number of hydrogen-bond acceptors (Lipinski definition) is 4. The second-order valence-electron chi connectivity index (χ2n) is 6.72. The number of esters is 1. The van der Waals surface area contributed by atoms with Gasteiger partial charge in [-0.3, -0.25) is 9.59 Å². The average Bonchev–Trinajstić information content (AvgIpc) is 2.23. The minimum Gasteiger partial charge on any atom is -0.450 e. The Morgan fingerprint density at radius 3 is 2.16 bits per heavy atom. The van der Waals surface area contributed by atoms with Crippen molar-refractivity contribution >= 4 is 22.4 Å². The normalized spacial score (nSPS) is 25.5. The third-order valence-corrected chi connectivity index (χ3v) is 4.81. The Morgan fingerprint density at radius 1 is 1.32 bits per heavy atom. The van der Waals surface area contributed by atoms with Crippen molar-refractivity contribution in [3.8, 4) is 0 Å². The van der Waals surface area contributed by atoms with Gasteiger partial charge in [-0.25, -0.2) is 0 Å². The number of β-lactam (4-membered cyclic amide) rings is 1. The molecule has 1 aliphatic heterocycles. The fourth-order valence-corrected chi connectivity index (χ4v) is 3.35. The van der Waals surface area contributed by atoms with Gasteiger partial charge in [-0.05, 0) is 19.3 Å². The molecule has 1 N–H and O–H groups in total. The fraction of sp³-hybridized carbons (Fsp3) is 0.846. The number of hydrogen-bond donors (Lipinski definition) is 1. The van der Waals surface area contributed by atoms with Crippen molar-refractivity contribution < 1.29 is 18.8 Å². The molecule has 0 bridgehead atoms. The van der Waals surface area contributed by atoms with Gasteiger partial charge < -0.3 is 14.5 Å². The molecule has 0 aliphatic carbocycles. The highest BCUT2D eigenvalue weighted by atomic mass is 28.2. The first-order valence-corrected chi connectivity index (χ1v) is 7.35. The zero-order chi connectivity index (χ0) is 15.0. The largest absolute Gasteiger partial charge is 0.450 e. The van der Waals surface area contributed by atoms with Crippen LogP contribution in [0.15, 0.2) is 0 Å². The molecule has 1 saturated heterocycles. The van der Waals surface area contributed by atoms with Gasteiger partial charge in [0, 0.05) is 12.8 Å². The van der Waals surface area contributed by atoms with Crippen molar-refractivity contribution in [3.05, 3.63) is 0 Å². The van der Waals surface area contributed by atoms with E-state index in [9.17, 15) is 9.59 Å². The summed E-state index contributed by atoms with van der Waals surface area (Å²) in [6.45, 7) is 11.7. The summed E-state index contributed by atoms with van der Waals surface area (Å²) in [6, 6.07) is -0.194. The molecule has 1 aliphatic rings. The molecule has 0 aromatic heterocycles. The predicted molar refractivity (Wildman–Crippen MR) is 75.5 cm³/mol. The van der Waals surface area contributed by atoms with E-state index in [1.54, 1.807) is 0 Å². The van der Waals surface area contributed by atoms with E-state index in [-0.39, 0.29) is 28.9 Å². The van der Waals surface area contributed by atoms with Crippen LogP contribution >= 0.6 is 0 Å². The fourth-order valence-electron chi connectivity index (χ4n) is 3.09. The van der Waals surface area contributed by atoms with Crippen LogP contribution in [0.2, 0.25) is 0 Å². The molecule has 0 radical (unpaired) electrons. The van der Waals surface area contributed by atoms with Crippen molar-refractivity contribution in [1.82, 2.24) is 5.32 Å². The molecule has 5 nitrogen and oxygen atoms in total. The smallest absolute Gasteiger partial charge is 0.303 e. The number of ether oxygens (including phenoxy) is 1. The number of amides is 1. The van der Waals surface area contributed by atoms with E-state index in [0.717, 1.165) is 0 Å². The summed E-state index contributed by atoms with van der Waals surface area (Å²) in [6.07, 6.45) is -0.696. The Kier molecular flexibility index (Phi) is 4.46. The van der Waals surface area contributed by atoms with Crippen LogP contribution in [0.25, 0.3) is 0 Å². The third-order valence-electron chi connectivity index (χ3n) is 3.75. The molecule has 6 heteroatoms. The summed E-state index contributed by atoms with van der Waals surface area (Å²) in [7, 11) is 0.617. The molecule has 1 fully saturated rings. The second-order valence-corrected chi connectivity index (χ2v) is 7.12. The molecule has 110 valence electrons. The Hall–Kier alpha value is -0.883. The monoisotopic (exact) mass is 287 g/mol. The lowest BCUT2D eigenvalue weighted by atomic mass is 9.65. The van der Waals surface area contributed by atoms with Crippen molar-refractivity contribution in [2.75, 3.05) is 0 Å². The molecule has 1 rings (SSSR count). The summed E-state index contributed by atoms with van der Waals surface area (Å²) in [5.74, 6) is -0.597. The van der Waals surface area contributed by atoms with Gasteiger partial charge in [0.2, 0.25) is 0 Å². The summed E-state index contributed by atoms with van der Waals surface area (Å²) in [5, 5.41) is 2.86. The number of nitrogens with one attached hydrogen (secondary N) is 1. The average molecular weight is 287 g/mol. The van der Waals surface area contributed by atoms with Gasteiger partial charge in [-0.1, -0.05) is 20.8 Å². The minimum absolute atomic E-state index is 0.0551. The topological polar surface area (TPSA) is 64.6 Å². The SMILES string of the molecule is CC(=O)O[C@H]1C(=O)N[C@@H]1[C@@H](C(C)(C)C)C(C)(C)O[SiH3]. The van der Waals surface area contributed by atoms with Gasteiger partial charge in [0.1, 0.15) is 10.5 Å². The maximum Gasteiger partial charge on any atom is 0.303 e. The Bertz CT molecular complexity index is 375. The Balaban J connectivity index is 3.00. The molecule has 3 atom stereocenters. The van der Waals surface area contributed by atoms with Crippen LogP contribution in [-0.4, -0.2) is 40.1 Å². The molecule has 0 saturated carbocycles. The maximum absolute atomic E-state index is 11.6. The summed E-state index contributed by atoms with van der Waals surface area (Å²) in [4.78, 5) is 22.7. The molecule has 19 heavy (non-hydrogen) atoms. The summed E-state index contributed by atoms with van der Waals surface area (Å²) < 4.78 is 10.9. The van der Waals surface area contributed by atoms with E-state index in [0.29, 0.717) is 10.5 Å². The van der Waals surface area contributed by atoms with E-state index >= 15 is 0 Å². The van der Waals surface area contributed by atoms with E-state index in [4.69, 9.17) is 9.16 Å².